The van der Waals surface area contributed by atoms with Crippen LogP contribution in [0.2, 0.25) is 0 Å². The average Bonchev–Trinajstić information content (AvgIpc) is 3.40. The number of fused-ring (bicyclic) bond motifs is 1. The molecule has 2 atom stereocenters. The highest BCUT2D eigenvalue weighted by Crippen LogP contribution is 2.36. The van der Waals surface area contributed by atoms with E-state index in [0.717, 1.165) is 52.1 Å². The van der Waals surface area contributed by atoms with Crippen LogP contribution in [0.1, 0.15) is 24.4 Å². The summed E-state index contributed by atoms with van der Waals surface area (Å²) >= 11 is 1.50. The lowest BCUT2D eigenvalue weighted by Crippen LogP contribution is -2.27. The van der Waals surface area contributed by atoms with Gasteiger partial charge in [-0.3, -0.25) is 14.5 Å². The first kappa shape index (κ1) is 21.2. The summed E-state index contributed by atoms with van der Waals surface area (Å²) in [6.07, 6.45) is 1.06. The number of nitrogens with zero attached hydrogens (tertiary/aromatic N) is 2. The highest BCUT2D eigenvalue weighted by molar-refractivity contribution is 8.00. The molecule has 2 N–H and O–H groups in total. The number of pyridine rings is 1. The zero-order valence-corrected chi connectivity index (χ0v) is 19.3. The molecule has 6 rings (SSSR count). The molecule has 0 aliphatic carbocycles. The lowest BCUT2D eigenvalue weighted by atomic mass is 10.1. The minimum absolute atomic E-state index is 0.0301. The van der Waals surface area contributed by atoms with Gasteiger partial charge in [0.15, 0.2) is 0 Å². The molecule has 1 fully saturated rings. The fraction of sp³-hybridized carbons (Fsp3) is 0.320. The number of thioether (sulfide) groups is 1. The van der Waals surface area contributed by atoms with Gasteiger partial charge in [-0.1, -0.05) is 18.2 Å². The molecule has 1 saturated heterocycles. The lowest BCUT2D eigenvalue weighted by Gasteiger charge is -2.20. The second-order valence-corrected chi connectivity index (χ2v) is 9.87. The van der Waals surface area contributed by atoms with E-state index in [2.05, 4.69) is 16.7 Å². The molecule has 3 aliphatic rings. The summed E-state index contributed by atoms with van der Waals surface area (Å²) in [5.41, 5.74) is 3.68. The van der Waals surface area contributed by atoms with Crippen LogP contribution >= 0.6 is 11.8 Å². The maximum absolute atomic E-state index is 12.5. The van der Waals surface area contributed by atoms with Crippen LogP contribution in [0.5, 0.6) is 0 Å². The number of anilines is 2. The van der Waals surface area contributed by atoms with E-state index in [9.17, 15) is 14.4 Å². The SMILES string of the molecule is O=C1CSc2ccc(N3C[C@@H](CCCN[C@H]4Cn5c(=O)ccc6cccc4c65)OC3=O)cc2N1. The van der Waals surface area contributed by atoms with Gasteiger partial charge in [0, 0.05) is 23.2 Å². The first-order valence-electron chi connectivity index (χ1n) is 11.5. The zero-order valence-electron chi connectivity index (χ0n) is 18.5. The predicted molar refractivity (Wildman–Crippen MR) is 132 cm³/mol. The number of hydrogen-bond donors (Lipinski definition) is 2. The van der Waals surface area contributed by atoms with Gasteiger partial charge in [-0.25, -0.2) is 4.79 Å². The molecular formula is C25H24N4O4S. The van der Waals surface area contributed by atoms with Crippen LogP contribution in [-0.4, -0.2) is 41.5 Å². The quantitative estimate of drug-likeness (QED) is 0.529. The van der Waals surface area contributed by atoms with Crippen LogP contribution in [0.25, 0.3) is 10.9 Å². The second-order valence-electron chi connectivity index (χ2n) is 8.85. The van der Waals surface area contributed by atoms with Crippen molar-refractivity contribution in [3.05, 3.63) is 64.4 Å². The number of amides is 2. The van der Waals surface area contributed by atoms with Gasteiger partial charge in [0.2, 0.25) is 5.91 Å². The third-order valence-electron chi connectivity index (χ3n) is 6.66. The normalized spacial score (nSPS) is 21.0. The van der Waals surface area contributed by atoms with E-state index in [4.69, 9.17) is 4.74 Å². The molecule has 4 heterocycles. The first-order chi connectivity index (χ1) is 16.6. The van der Waals surface area contributed by atoms with Crippen molar-refractivity contribution >= 4 is 46.0 Å². The van der Waals surface area contributed by atoms with Crippen molar-refractivity contribution in [3.63, 3.8) is 0 Å². The smallest absolute Gasteiger partial charge is 0.414 e. The number of benzene rings is 2. The Bertz CT molecular complexity index is 1370. The summed E-state index contributed by atoms with van der Waals surface area (Å²) in [7, 11) is 0. The Labute approximate surface area is 200 Å². The van der Waals surface area contributed by atoms with Gasteiger partial charge in [0.25, 0.3) is 5.56 Å². The van der Waals surface area contributed by atoms with E-state index in [-0.39, 0.29) is 29.7 Å². The van der Waals surface area contributed by atoms with Gasteiger partial charge in [0.05, 0.1) is 29.5 Å². The molecule has 0 unspecified atom stereocenters. The summed E-state index contributed by atoms with van der Waals surface area (Å²) in [5.74, 6) is 0.378. The van der Waals surface area contributed by atoms with Crippen LogP contribution in [-0.2, 0) is 16.1 Å². The maximum Gasteiger partial charge on any atom is 0.414 e. The molecule has 0 saturated carbocycles. The van der Waals surface area contributed by atoms with Gasteiger partial charge in [-0.2, -0.15) is 0 Å². The fourth-order valence-corrected chi connectivity index (χ4v) is 5.82. The number of carbonyl (C=O) groups is 2. The number of aromatic nitrogens is 1. The molecule has 2 amide bonds. The van der Waals surface area contributed by atoms with E-state index in [0.29, 0.717) is 18.8 Å². The molecule has 0 bridgehead atoms. The largest absolute Gasteiger partial charge is 0.444 e. The van der Waals surface area contributed by atoms with Crippen molar-refractivity contribution < 1.29 is 14.3 Å². The number of nitrogens with one attached hydrogen (secondary N) is 2. The van der Waals surface area contributed by atoms with Crippen molar-refractivity contribution in [2.75, 3.05) is 29.1 Å². The van der Waals surface area contributed by atoms with Crippen molar-refractivity contribution in [1.82, 2.24) is 9.88 Å². The number of carbonyl (C=O) groups excluding carboxylic acids is 2. The van der Waals surface area contributed by atoms with E-state index >= 15 is 0 Å². The van der Waals surface area contributed by atoms with Crippen molar-refractivity contribution in [2.45, 2.75) is 36.4 Å². The summed E-state index contributed by atoms with van der Waals surface area (Å²) in [5, 5.41) is 7.53. The monoisotopic (exact) mass is 476 g/mol. The maximum atomic E-state index is 12.5. The zero-order chi connectivity index (χ0) is 23.2. The van der Waals surface area contributed by atoms with Crippen LogP contribution in [0, 0.1) is 0 Å². The first-order valence-corrected chi connectivity index (χ1v) is 12.5. The minimum atomic E-state index is -0.356. The van der Waals surface area contributed by atoms with Gasteiger partial charge in [0.1, 0.15) is 6.10 Å². The third kappa shape index (κ3) is 3.74. The van der Waals surface area contributed by atoms with Crippen LogP contribution in [0.3, 0.4) is 0 Å². The van der Waals surface area contributed by atoms with Crippen molar-refractivity contribution in [1.29, 1.82) is 0 Å². The Morgan fingerprint density at radius 2 is 2.00 bits per heavy atom. The number of hydrogen-bond acceptors (Lipinski definition) is 6. The molecule has 1 aromatic heterocycles. The Kier molecular flexibility index (Phi) is 5.30. The molecule has 174 valence electrons. The molecule has 34 heavy (non-hydrogen) atoms. The number of rotatable bonds is 6. The standard InChI is InChI=1S/C25H24N4O4S/c30-22-14-34-21-8-7-16(11-19(21)27-22)28-12-17(33-25(28)32)4-2-10-26-20-13-29-23(31)9-6-15-3-1-5-18(20)24(15)29/h1,3,5-9,11,17,20,26H,2,4,10,12-14H2,(H,27,30)/t17-,20+/m1/s1. The van der Waals surface area contributed by atoms with Crippen LogP contribution in [0.15, 0.2) is 58.2 Å². The summed E-state index contributed by atoms with van der Waals surface area (Å²) in [6, 6.07) is 15.4. The summed E-state index contributed by atoms with van der Waals surface area (Å²) in [6.45, 7) is 1.89. The molecular weight excluding hydrogens is 452 g/mol. The number of para-hydroxylation sites is 1. The number of cyclic esters (lactones) is 1. The highest BCUT2D eigenvalue weighted by Gasteiger charge is 2.33. The summed E-state index contributed by atoms with van der Waals surface area (Å²) in [4.78, 5) is 39.1. The molecule has 0 spiro atoms. The van der Waals surface area contributed by atoms with Crippen LogP contribution in [0.4, 0.5) is 16.2 Å². The van der Waals surface area contributed by atoms with Crippen molar-refractivity contribution in [3.8, 4) is 0 Å². The van der Waals surface area contributed by atoms with E-state index in [1.54, 1.807) is 11.0 Å². The Morgan fingerprint density at radius 1 is 1.09 bits per heavy atom. The van der Waals surface area contributed by atoms with E-state index in [1.165, 1.54) is 11.8 Å². The van der Waals surface area contributed by atoms with Gasteiger partial charge in [-0.05, 0) is 54.6 Å². The molecule has 3 aromatic rings. The molecule has 2 aromatic carbocycles. The highest BCUT2D eigenvalue weighted by atomic mass is 32.2. The fourth-order valence-electron chi connectivity index (χ4n) is 5.03. The van der Waals surface area contributed by atoms with Crippen molar-refractivity contribution in [2.24, 2.45) is 0 Å². The Morgan fingerprint density at radius 3 is 2.91 bits per heavy atom. The summed E-state index contributed by atoms with van der Waals surface area (Å²) < 4.78 is 7.45. The molecule has 8 nitrogen and oxygen atoms in total. The van der Waals surface area contributed by atoms with Gasteiger partial charge < -0.3 is 19.9 Å². The topological polar surface area (TPSA) is 92.7 Å². The second kappa shape index (κ2) is 8.48. The molecule has 0 radical (unpaired) electrons. The Balaban J connectivity index is 1.05. The van der Waals surface area contributed by atoms with E-state index < -0.39 is 0 Å². The lowest BCUT2D eigenvalue weighted by molar-refractivity contribution is -0.113. The average molecular weight is 477 g/mol. The molecule has 3 aliphatic heterocycles. The number of ether oxygens (including phenoxy) is 1. The molecule has 9 heteroatoms. The minimum Gasteiger partial charge on any atom is -0.444 e. The van der Waals surface area contributed by atoms with E-state index in [1.807, 2.05) is 41.0 Å². The van der Waals surface area contributed by atoms with Crippen LogP contribution < -0.4 is 21.1 Å². The van der Waals surface area contributed by atoms with Gasteiger partial charge >= 0.3 is 6.09 Å². The third-order valence-corrected chi connectivity index (χ3v) is 7.73. The van der Waals surface area contributed by atoms with Gasteiger partial charge in [-0.15, -0.1) is 11.8 Å². The Hall–Kier alpha value is -3.30. The predicted octanol–water partition coefficient (Wildman–Crippen LogP) is 3.50.